The van der Waals surface area contributed by atoms with E-state index in [1.54, 1.807) is 19.2 Å². The lowest BCUT2D eigenvalue weighted by atomic mass is 9.76. The second-order valence-corrected chi connectivity index (χ2v) is 6.44. The first-order chi connectivity index (χ1) is 11.6. The van der Waals surface area contributed by atoms with Crippen LogP contribution < -0.4 is 4.74 Å². The highest BCUT2D eigenvalue weighted by Gasteiger charge is 2.44. The predicted octanol–water partition coefficient (Wildman–Crippen LogP) is 1.33. The van der Waals surface area contributed by atoms with Crippen molar-refractivity contribution in [3.63, 3.8) is 0 Å². The van der Waals surface area contributed by atoms with Crippen LogP contribution in [0.2, 0.25) is 0 Å². The van der Waals surface area contributed by atoms with Gasteiger partial charge in [0.15, 0.2) is 6.29 Å². The van der Waals surface area contributed by atoms with E-state index in [1.165, 1.54) is 0 Å². The Morgan fingerprint density at radius 3 is 2.79 bits per heavy atom. The molecule has 3 heterocycles. The lowest BCUT2D eigenvalue weighted by Crippen LogP contribution is -2.58. The van der Waals surface area contributed by atoms with Crippen LogP contribution in [-0.2, 0) is 4.74 Å². The maximum absolute atomic E-state index is 11.3. The molecular formula is C19H23NO4. The first kappa shape index (κ1) is 17.0. The van der Waals surface area contributed by atoms with Gasteiger partial charge in [-0.1, -0.05) is 11.8 Å². The normalized spacial score (nSPS) is 28.1. The molecule has 0 aromatic heterocycles. The lowest BCUT2D eigenvalue weighted by molar-refractivity contribution is -0.0713. The van der Waals surface area contributed by atoms with Gasteiger partial charge in [0.25, 0.3) is 0 Å². The van der Waals surface area contributed by atoms with E-state index < -0.39 is 5.60 Å². The summed E-state index contributed by atoms with van der Waals surface area (Å²) in [5.41, 5.74) is 0.228. The van der Waals surface area contributed by atoms with Crippen molar-refractivity contribution in [2.75, 3.05) is 40.0 Å². The van der Waals surface area contributed by atoms with Crippen LogP contribution in [0.3, 0.4) is 0 Å². The quantitative estimate of drug-likeness (QED) is 0.502. The average Bonchev–Trinajstić information content (AvgIpc) is 2.61. The number of aliphatic hydroxyl groups is 1. The summed E-state index contributed by atoms with van der Waals surface area (Å²) in [6.45, 7) is 3.57. The maximum atomic E-state index is 11.3. The molecule has 3 saturated heterocycles. The van der Waals surface area contributed by atoms with Gasteiger partial charge in [-0.3, -0.25) is 9.69 Å². The first-order valence-corrected chi connectivity index (χ1v) is 8.33. The van der Waals surface area contributed by atoms with Crippen molar-refractivity contribution in [2.24, 2.45) is 5.92 Å². The molecule has 1 aromatic carbocycles. The van der Waals surface area contributed by atoms with E-state index in [1.807, 2.05) is 6.07 Å². The Morgan fingerprint density at radius 2 is 2.17 bits per heavy atom. The molecule has 3 aliphatic rings. The summed E-state index contributed by atoms with van der Waals surface area (Å²) in [6, 6.07) is 5.25. The number of methoxy groups -OCH3 is 1. The molecule has 0 saturated carbocycles. The fourth-order valence-electron chi connectivity index (χ4n) is 3.45. The molecule has 5 heteroatoms. The second kappa shape index (κ2) is 7.35. The summed E-state index contributed by atoms with van der Waals surface area (Å²) in [6.07, 6.45) is 2.75. The fourth-order valence-corrected chi connectivity index (χ4v) is 3.45. The van der Waals surface area contributed by atoms with Crippen LogP contribution in [0.25, 0.3) is 0 Å². The highest BCUT2D eigenvalue weighted by atomic mass is 16.5. The zero-order valence-corrected chi connectivity index (χ0v) is 14.0. The maximum Gasteiger partial charge on any atom is 0.153 e. The van der Waals surface area contributed by atoms with Gasteiger partial charge < -0.3 is 14.6 Å². The van der Waals surface area contributed by atoms with Gasteiger partial charge in [0.05, 0.1) is 12.2 Å². The molecule has 4 rings (SSSR count). The van der Waals surface area contributed by atoms with Gasteiger partial charge in [0.1, 0.15) is 18.0 Å². The zero-order valence-electron chi connectivity index (χ0n) is 14.0. The Labute approximate surface area is 142 Å². The summed E-state index contributed by atoms with van der Waals surface area (Å²) in [7, 11) is 1.60. The summed E-state index contributed by atoms with van der Waals surface area (Å²) >= 11 is 0. The van der Waals surface area contributed by atoms with Crippen LogP contribution in [0.4, 0.5) is 0 Å². The van der Waals surface area contributed by atoms with Crippen molar-refractivity contribution in [1.29, 1.82) is 0 Å². The summed E-state index contributed by atoms with van der Waals surface area (Å²) in [4.78, 5) is 13.5. The van der Waals surface area contributed by atoms with E-state index in [2.05, 4.69) is 16.7 Å². The number of hydrogen-bond acceptors (Lipinski definition) is 5. The summed E-state index contributed by atoms with van der Waals surface area (Å²) in [5, 5.41) is 10.8. The highest BCUT2D eigenvalue weighted by molar-refractivity contribution is 5.80. The van der Waals surface area contributed by atoms with Gasteiger partial charge in [-0.2, -0.15) is 0 Å². The topological polar surface area (TPSA) is 59.0 Å². The van der Waals surface area contributed by atoms with Crippen LogP contribution in [0.5, 0.6) is 5.75 Å². The third-order valence-electron chi connectivity index (χ3n) is 4.83. The molecule has 0 amide bonds. The number of benzene rings is 1. The van der Waals surface area contributed by atoms with Crippen LogP contribution in [0.15, 0.2) is 18.2 Å². The molecular weight excluding hydrogens is 306 g/mol. The molecule has 1 unspecified atom stereocenters. The Balaban J connectivity index is 1.75. The Morgan fingerprint density at radius 1 is 1.38 bits per heavy atom. The molecule has 0 radical (unpaired) electrons. The number of hydrogen-bond donors (Lipinski definition) is 1. The van der Waals surface area contributed by atoms with E-state index in [9.17, 15) is 9.90 Å². The number of piperidine rings is 3. The molecule has 3 aliphatic heterocycles. The number of aldehydes is 1. The van der Waals surface area contributed by atoms with Crippen LogP contribution >= 0.6 is 0 Å². The van der Waals surface area contributed by atoms with Gasteiger partial charge in [0.2, 0.25) is 0 Å². The molecule has 0 aliphatic carbocycles. The molecule has 5 nitrogen and oxygen atoms in total. The Bertz CT molecular complexity index is 655. The molecule has 1 atom stereocenters. The fraction of sp³-hybridized carbons (Fsp3) is 0.526. The Hall–Kier alpha value is -1.87. The first-order valence-electron chi connectivity index (χ1n) is 8.33. The van der Waals surface area contributed by atoms with Gasteiger partial charge in [-0.25, -0.2) is 0 Å². The average molecular weight is 329 g/mol. The number of carbonyl (C=O) groups excluding carboxylic acids is 1. The van der Waals surface area contributed by atoms with Crippen molar-refractivity contribution in [3.05, 3.63) is 29.3 Å². The van der Waals surface area contributed by atoms with Crippen LogP contribution in [-0.4, -0.2) is 61.9 Å². The van der Waals surface area contributed by atoms with E-state index in [0.717, 1.165) is 32.2 Å². The highest BCUT2D eigenvalue weighted by Crippen LogP contribution is 2.35. The van der Waals surface area contributed by atoms with Crippen molar-refractivity contribution < 1.29 is 19.4 Å². The third kappa shape index (κ3) is 3.62. The number of carbonyl (C=O) groups is 1. The van der Waals surface area contributed by atoms with Gasteiger partial charge in [-0.05, 0) is 44.1 Å². The minimum atomic E-state index is -0.939. The van der Waals surface area contributed by atoms with Gasteiger partial charge in [0, 0.05) is 25.1 Å². The molecule has 1 N–H and O–H groups in total. The van der Waals surface area contributed by atoms with E-state index in [0.29, 0.717) is 36.6 Å². The number of nitrogens with zero attached hydrogens (tertiary/aromatic N) is 1. The van der Waals surface area contributed by atoms with Crippen molar-refractivity contribution in [2.45, 2.75) is 18.4 Å². The predicted molar refractivity (Wildman–Crippen MR) is 90.2 cm³/mol. The minimum absolute atomic E-state index is 0.247. The molecule has 0 spiro atoms. The monoisotopic (exact) mass is 329 g/mol. The van der Waals surface area contributed by atoms with Crippen LogP contribution in [0.1, 0.15) is 28.8 Å². The van der Waals surface area contributed by atoms with Crippen molar-refractivity contribution in [3.8, 4) is 17.6 Å². The minimum Gasteiger partial charge on any atom is -0.490 e. The molecule has 2 bridgehead atoms. The summed E-state index contributed by atoms with van der Waals surface area (Å²) in [5.74, 6) is 6.87. The number of rotatable bonds is 5. The van der Waals surface area contributed by atoms with Gasteiger partial charge >= 0.3 is 0 Å². The van der Waals surface area contributed by atoms with E-state index >= 15 is 0 Å². The number of fused-ring (bicyclic) bond motifs is 3. The molecule has 1 aromatic rings. The third-order valence-corrected chi connectivity index (χ3v) is 4.83. The largest absolute Gasteiger partial charge is 0.490 e. The van der Waals surface area contributed by atoms with Crippen molar-refractivity contribution in [1.82, 2.24) is 4.90 Å². The Kier molecular flexibility index (Phi) is 5.20. The number of ether oxygens (including phenoxy) is 2. The van der Waals surface area contributed by atoms with Crippen molar-refractivity contribution >= 4 is 6.29 Å². The summed E-state index contributed by atoms with van der Waals surface area (Å²) < 4.78 is 10.5. The SMILES string of the molecule is COCCOc1ccc(C#CC2(O)CN3CCC2CC3)cc1C=O. The molecule has 128 valence electrons. The van der Waals surface area contributed by atoms with Gasteiger partial charge in [-0.15, -0.1) is 0 Å². The second-order valence-electron chi connectivity index (χ2n) is 6.44. The van der Waals surface area contributed by atoms with E-state index in [-0.39, 0.29) is 5.92 Å². The smallest absolute Gasteiger partial charge is 0.153 e. The van der Waals surface area contributed by atoms with E-state index in [4.69, 9.17) is 9.47 Å². The lowest BCUT2D eigenvalue weighted by Gasteiger charge is -2.47. The molecule has 24 heavy (non-hydrogen) atoms. The molecule has 3 fully saturated rings. The standard InChI is InChI=1S/C19H23NO4/c1-23-10-11-24-18-3-2-15(12-16(18)13-21)4-7-19(22)14-20-8-5-17(19)6-9-20/h2-3,12-13,17,22H,5-6,8-11,14H2,1H3. The zero-order chi connectivity index (χ0) is 17.0. The van der Waals surface area contributed by atoms with Crippen LogP contribution in [0, 0.1) is 17.8 Å².